The van der Waals surface area contributed by atoms with Crippen LogP contribution in [0.4, 0.5) is 0 Å². The van der Waals surface area contributed by atoms with Crippen LogP contribution in [-0.4, -0.2) is 34.1 Å². The maximum atomic E-state index is 11.3. The minimum absolute atomic E-state index is 0.0374. The first kappa shape index (κ1) is 9.00. The molecule has 0 spiro atoms. The van der Waals surface area contributed by atoms with Crippen LogP contribution in [0.5, 0.6) is 0 Å². The molecule has 2 aliphatic rings. The molecule has 0 aromatic heterocycles. The number of fused-ring (bicyclic) bond motifs is 2. The van der Waals surface area contributed by atoms with Gasteiger partial charge < -0.3 is 10.0 Å². The number of carbonyl (C=O) groups excluding carboxylic acids is 1. The minimum Gasteiger partial charge on any atom is -0.393 e. The molecule has 1 heterocycles. The van der Waals surface area contributed by atoms with E-state index in [0.717, 1.165) is 25.8 Å². The lowest BCUT2D eigenvalue weighted by atomic mass is 9.79. The summed E-state index contributed by atoms with van der Waals surface area (Å²) in [7, 11) is 0. The second kappa shape index (κ2) is 2.71. The van der Waals surface area contributed by atoms with E-state index in [-0.39, 0.29) is 17.6 Å². The summed E-state index contributed by atoms with van der Waals surface area (Å²) >= 11 is 0. The molecule has 74 valence electrons. The van der Waals surface area contributed by atoms with E-state index in [4.69, 9.17) is 0 Å². The molecular weight excluding hydrogens is 166 g/mol. The highest BCUT2D eigenvalue weighted by atomic mass is 16.3. The number of aliphatic hydroxyl groups is 1. The van der Waals surface area contributed by atoms with Crippen LogP contribution in [0.15, 0.2) is 0 Å². The van der Waals surface area contributed by atoms with Crippen molar-refractivity contribution >= 4 is 5.91 Å². The van der Waals surface area contributed by atoms with Gasteiger partial charge in [-0.3, -0.25) is 4.79 Å². The lowest BCUT2D eigenvalue weighted by molar-refractivity contribution is -0.132. The van der Waals surface area contributed by atoms with Gasteiger partial charge in [-0.2, -0.15) is 0 Å². The third-order valence-electron chi connectivity index (χ3n) is 3.67. The Morgan fingerprint density at radius 1 is 1.62 bits per heavy atom. The van der Waals surface area contributed by atoms with Gasteiger partial charge in [0.2, 0.25) is 5.91 Å². The Hall–Kier alpha value is -0.570. The van der Waals surface area contributed by atoms with E-state index < -0.39 is 0 Å². The second-order valence-corrected chi connectivity index (χ2v) is 4.70. The molecule has 1 aliphatic carbocycles. The maximum Gasteiger partial charge on any atom is 0.219 e. The van der Waals surface area contributed by atoms with E-state index in [1.807, 2.05) is 4.90 Å². The lowest BCUT2D eigenvalue weighted by Gasteiger charge is -2.36. The van der Waals surface area contributed by atoms with E-state index in [2.05, 4.69) is 6.92 Å². The molecule has 2 bridgehead atoms. The normalized spacial score (nSPS) is 43.8. The van der Waals surface area contributed by atoms with Crippen molar-refractivity contribution in [3.63, 3.8) is 0 Å². The van der Waals surface area contributed by atoms with Crippen molar-refractivity contribution in [2.45, 2.75) is 44.8 Å². The highest BCUT2D eigenvalue weighted by molar-refractivity contribution is 5.74. The average molecular weight is 183 g/mol. The Morgan fingerprint density at radius 2 is 2.31 bits per heavy atom. The largest absolute Gasteiger partial charge is 0.393 e. The summed E-state index contributed by atoms with van der Waals surface area (Å²) in [6, 6.07) is 0. The quantitative estimate of drug-likeness (QED) is 0.602. The Bertz CT molecular complexity index is 241. The monoisotopic (exact) mass is 183 g/mol. The van der Waals surface area contributed by atoms with Gasteiger partial charge in [0, 0.05) is 24.9 Å². The van der Waals surface area contributed by atoms with Crippen molar-refractivity contribution in [3.8, 4) is 0 Å². The molecule has 0 aromatic rings. The SMILES string of the molecule is CC(=O)N1C[C@H]2C[C@]1(C)CC[C@@H]2O. The van der Waals surface area contributed by atoms with Crippen LogP contribution in [0.2, 0.25) is 0 Å². The molecule has 0 unspecified atom stereocenters. The van der Waals surface area contributed by atoms with Gasteiger partial charge in [0.1, 0.15) is 0 Å². The predicted molar refractivity (Wildman–Crippen MR) is 49.1 cm³/mol. The fraction of sp³-hybridized carbons (Fsp3) is 0.900. The number of amides is 1. The highest BCUT2D eigenvalue weighted by Crippen LogP contribution is 2.43. The summed E-state index contributed by atoms with van der Waals surface area (Å²) in [5.41, 5.74) is 0.0374. The van der Waals surface area contributed by atoms with Crippen LogP contribution < -0.4 is 0 Å². The molecule has 1 aliphatic heterocycles. The Kier molecular flexibility index (Phi) is 1.88. The third-order valence-corrected chi connectivity index (χ3v) is 3.67. The third kappa shape index (κ3) is 1.26. The summed E-state index contributed by atoms with van der Waals surface area (Å²) < 4.78 is 0. The molecule has 1 saturated heterocycles. The summed E-state index contributed by atoms with van der Waals surface area (Å²) in [6.07, 6.45) is 2.60. The van der Waals surface area contributed by atoms with E-state index >= 15 is 0 Å². The molecule has 0 aromatic carbocycles. The molecule has 3 atom stereocenters. The molecule has 0 radical (unpaired) electrons. The molecule has 2 fully saturated rings. The van der Waals surface area contributed by atoms with Gasteiger partial charge in [0.25, 0.3) is 0 Å². The van der Waals surface area contributed by atoms with Crippen molar-refractivity contribution in [3.05, 3.63) is 0 Å². The van der Waals surface area contributed by atoms with Crippen molar-refractivity contribution in [2.24, 2.45) is 5.92 Å². The van der Waals surface area contributed by atoms with Gasteiger partial charge in [-0.05, 0) is 26.2 Å². The van der Waals surface area contributed by atoms with E-state index in [9.17, 15) is 9.90 Å². The first-order valence-corrected chi connectivity index (χ1v) is 4.99. The van der Waals surface area contributed by atoms with E-state index in [1.165, 1.54) is 0 Å². The molecule has 2 rings (SSSR count). The van der Waals surface area contributed by atoms with Crippen LogP contribution in [-0.2, 0) is 4.79 Å². The zero-order valence-electron chi connectivity index (χ0n) is 8.29. The van der Waals surface area contributed by atoms with Crippen LogP contribution >= 0.6 is 0 Å². The molecule has 3 nitrogen and oxygen atoms in total. The van der Waals surface area contributed by atoms with Gasteiger partial charge in [0.05, 0.1) is 6.10 Å². The van der Waals surface area contributed by atoms with Gasteiger partial charge in [-0.25, -0.2) is 0 Å². The molecular formula is C10H17NO2. The number of likely N-dealkylation sites (tertiary alicyclic amines) is 1. The molecule has 1 saturated carbocycles. The smallest absolute Gasteiger partial charge is 0.219 e. The number of nitrogens with zero attached hydrogens (tertiary/aromatic N) is 1. The standard InChI is InChI=1S/C10H17NO2/c1-7(12)11-6-8-5-10(11,2)4-3-9(8)13/h8-9,13H,3-6H2,1-2H3/t8-,9+,10+/m1/s1. The number of aliphatic hydroxyl groups excluding tert-OH is 1. The zero-order chi connectivity index (χ0) is 9.64. The number of hydrogen-bond donors (Lipinski definition) is 1. The van der Waals surface area contributed by atoms with E-state index in [1.54, 1.807) is 6.92 Å². The fourth-order valence-electron chi connectivity index (χ4n) is 2.89. The number of carbonyl (C=O) groups is 1. The van der Waals surface area contributed by atoms with Crippen molar-refractivity contribution in [1.29, 1.82) is 0 Å². The molecule has 3 heteroatoms. The van der Waals surface area contributed by atoms with Gasteiger partial charge in [-0.1, -0.05) is 0 Å². The zero-order valence-corrected chi connectivity index (χ0v) is 8.29. The van der Waals surface area contributed by atoms with Crippen LogP contribution in [0, 0.1) is 5.92 Å². The highest BCUT2D eigenvalue weighted by Gasteiger charge is 2.48. The van der Waals surface area contributed by atoms with Gasteiger partial charge >= 0.3 is 0 Å². The summed E-state index contributed by atoms with van der Waals surface area (Å²) in [5.74, 6) is 0.474. The lowest BCUT2D eigenvalue weighted by Crippen LogP contribution is -2.44. The summed E-state index contributed by atoms with van der Waals surface area (Å²) in [5, 5.41) is 9.67. The Morgan fingerprint density at radius 3 is 2.85 bits per heavy atom. The summed E-state index contributed by atoms with van der Waals surface area (Å²) in [6.45, 7) is 4.52. The van der Waals surface area contributed by atoms with Crippen LogP contribution in [0.3, 0.4) is 0 Å². The average Bonchev–Trinajstić information content (AvgIpc) is 2.34. The second-order valence-electron chi connectivity index (χ2n) is 4.70. The minimum atomic E-state index is -0.183. The topological polar surface area (TPSA) is 40.5 Å². The fourth-order valence-corrected chi connectivity index (χ4v) is 2.89. The van der Waals surface area contributed by atoms with Crippen LogP contribution in [0.25, 0.3) is 0 Å². The first-order chi connectivity index (χ1) is 6.03. The number of rotatable bonds is 0. The molecule has 1 N–H and O–H groups in total. The van der Waals surface area contributed by atoms with Crippen molar-refractivity contribution in [1.82, 2.24) is 4.90 Å². The maximum absolute atomic E-state index is 11.3. The molecule has 1 amide bonds. The van der Waals surface area contributed by atoms with Crippen molar-refractivity contribution in [2.75, 3.05) is 6.54 Å². The Labute approximate surface area is 78.7 Å². The first-order valence-electron chi connectivity index (χ1n) is 4.99. The van der Waals surface area contributed by atoms with Crippen molar-refractivity contribution < 1.29 is 9.90 Å². The Balaban J connectivity index is 2.22. The predicted octanol–water partition coefficient (Wildman–Crippen LogP) is 0.768. The van der Waals surface area contributed by atoms with E-state index in [0.29, 0.717) is 5.92 Å². The molecule has 13 heavy (non-hydrogen) atoms. The number of hydrogen-bond acceptors (Lipinski definition) is 2. The summed E-state index contributed by atoms with van der Waals surface area (Å²) in [4.78, 5) is 13.3. The van der Waals surface area contributed by atoms with Gasteiger partial charge in [-0.15, -0.1) is 0 Å². The van der Waals surface area contributed by atoms with Gasteiger partial charge in [0.15, 0.2) is 0 Å². The van der Waals surface area contributed by atoms with Crippen LogP contribution in [0.1, 0.15) is 33.1 Å².